The van der Waals surface area contributed by atoms with Gasteiger partial charge in [0.1, 0.15) is 5.75 Å². The highest BCUT2D eigenvalue weighted by molar-refractivity contribution is 5.90. The zero-order valence-corrected chi connectivity index (χ0v) is 17.5. The van der Waals surface area contributed by atoms with Crippen LogP contribution in [0.1, 0.15) is 51.3 Å². The molecule has 0 atom stereocenters. The summed E-state index contributed by atoms with van der Waals surface area (Å²) in [6, 6.07) is 12.8. The molecule has 1 aliphatic heterocycles. The summed E-state index contributed by atoms with van der Waals surface area (Å²) in [4.78, 5) is 7.16. The topological polar surface area (TPSA) is 24.8 Å². The van der Waals surface area contributed by atoms with E-state index in [9.17, 15) is 0 Å². The van der Waals surface area contributed by atoms with Gasteiger partial charge in [-0.2, -0.15) is 0 Å². The third-order valence-electron chi connectivity index (χ3n) is 5.20. The van der Waals surface area contributed by atoms with Crippen LogP contribution in [0.3, 0.4) is 0 Å². The summed E-state index contributed by atoms with van der Waals surface area (Å²) in [5.41, 5.74) is 7.26. The van der Waals surface area contributed by atoms with Gasteiger partial charge in [0.05, 0.1) is 18.3 Å². The van der Waals surface area contributed by atoms with Crippen molar-refractivity contribution in [3.8, 4) is 5.75 Å². The molecular weight excluding hydrogens is 332 g/mol. The summed E-state index contributed by atoms with van der Waals surface area (Å²) in [5, 5.41) is 0. The van der Waals surface area contributed by atoms with Crippen LogP contribution < -0.4 is 9.64 Å². The van der Waals surface area contributed by atoms with E-state index in [4.69, 9.17) is 4.74 Å². The molecule has 3 heteroatoms. The molecule has 1 heterocycles. The van der Waals surface area contributed by atoms with E-state index in [2.05, 4.69) is 69.6 Å². The molecule has 0 unspecified atom stereocenters. The summed E-state index contributed by atoms with van der Waals surface area (Å²) in [5.74, 6) is 0.844. The summed E-state index contributed by atoms with van der Waals surface area (Å²) in [6.07, 6.45) is 4.33. The molecule has 0 saturated carbocycles. The molecule has 142 valence electrons. The lowest BCUT2D eigenvalue weighted by atomic mass is 9.86. The fourth-order valence-electron chi connectivity index (χ4n) is 4.11. The van der Waals surface area contributed by atoms with Crippen molar-refractivity contribution in [2.45, 2.75) is 53.1 Å². The Hall–Kier alpha value is -2.55. The van der Waals surface area contributed by atoms with Gasteiger partial charge >= 0.3 is 0 Å². The van der Waals surface area contributed by atoms with E-state index in [1.165, 1.54) is 22.4 Å². The van der Waals surface area contributed by atoms with E-state index < -0.39 is 0 Å². The molecule has 3 nitrogen and oxygen atoms in total. The average molecular weight is 363 g/mol. The van der Waals surface area contributed by atoms with Gasteiger partial charge in [-0.1, -0.05) is 6.08 Å². The van der Waals surface area contributed by atoms with E-state index in [0.717, 1.165) is 17.0 Å². The first kappa shape index (κ1) is 19.2. The number of ether oxygens (including phenoxy) is 1. The van der Waals surface area contributed by atoms with Crippen molar-refractivity contribution in [3.05, 3.63) is 59.2 Å². The number of methoxy groups -OCH3 is 1. The number of hydrogen-bond donors (Lipinski definition) is 0. The van der Waals surface area contributed by atoms with Gasteiger partial charge < -0.3 is 9.64 Å². The number of nitrogens with zero attached hydrogens (tertiary/aromatic N) is 2. The monoisotopic (exact) mass is 362 g/mol. The molecule has 27 heavy (non-hydrogen) atoms. The van der Waals surface area contributed by atoms with Crippen LogP contribution in [0.4, 0.5) is 11.4 Å². The Morgan fingerprint density at radius 2 is 1.74 bits per heavy atom. The predicted octanol–water partition coefficient (Wildman–Crippen LogP) is 6.16. The molecule has 0 amide bonds. The van der Waals surface area contributed by atoms with Crippen molar-refractivity contribution >= 4 is 23.2 Å². The Bertz CT molecular complexity index is 889. The Labute approximate surface area is 163 Å². The quantitative estimate of drug-likeness (QED) is 0.608. The predicted molar refractivity (Wildman–Crippen MR) is 117 cm³/mol. The minimum atomic E-state index is 0.0103. The first-order valence-corrected chi connectivity index (χ1v) is 9.55. The van der Waals surface area contributed by atoms with Gasteiger partial charge in [0.15, 0.2) is 0 Å². The van der Waals surface area contributed by atoms with Crippen molar-refractivity contribution in [2.24, 2.45) is 4.99 Å². The Balaban J connectivity index is 2.00. The van der Waals surface area contributed by atoms with E-state index in [-0.39, 0.29) is 5.54 Å². The maximum Gasteiger partial charge on any atom is 0.119 e. The van der Waals surface area contributed by atoms with Crippen molar-refractivity contribution in [2.75, 3.05) is 12.0 Å². The van der Waals surface area contributed by atoms with Crippen LogP contribution in [-0.4, -0.2) is 24.9 Å². The number of hydrogen-bond acceptors (Lipinski definition) is 3. The molecule has 2 aromatic carbocycles. The van der Waals surface area contributed by atoms with Gasteiger partial charge in [-0.05, 0) is 94.6 Å². The summed E-state index contributed by atoms with van der Waals surface area (Å²) >= 11 is 0. The number of allylic oxidation sites excluding steroid dienone is 1. The van der Waals surface area contributed by atoms with Gasteiger partial charge in [0.25, 0.3) is 0 Å². The second-order valence-corrected chi connectivity index (χ2v) is 8.13. The van der Waals surface area contributed by atoms with Crippen molar-refractivity contribution in [1.29, 1.82) is 0 Å². The van der Waals surface area contributed by atoms with Gasteiger partial charge in [-0.25, -0.2) is 0 Å². The fourth-order valence-corrected chi connectivity index (χ4v) is 4.11. The number of rotatable bonds is 4. The molecule has 0 fully saturated rings. The lowest BCUT2D eigenvalue weighted by Crippen LogP contribution is -2.49. The van der Waals surface area contributed by atoms with Crippen LogP contribution in [0, 0.1) is 6.92 Å². The lowest BCUT2D eigenvalue weighted by molar-refractivity contribution is 0.415. The molecule has 0 bridgehead atoms. The highest BCUT2D eigenvalue weighted by Gasteiger charge is 2.33. The standard InChI is InChI=1S/C24H30N2O/c1-16(2)26-23-12-17(3)19(13-22(23)18(4)14-24(26,5)6)15-25-20-8-10-21(27-7)11-9-20/h8-16H,1-7H3. The van der Waals surface area contributed by atoms with E-state index >= 15 is 0 Å². The smallest absolute Gasteiger partial charge is 0.119 e. The maximum absolute atomic E-state index is 5.21. The fraction of sp³-hybridized carbons (Fsp3) is 0.375. The molecule has 1 aliphatic rings. The molecule has 0 radical (unpaired) electrons. The largest absolute Gasteiger partial charge is 0.497 e. The molecule has 2 aromatic rings. The Morgan fingerprint density at radius 1 is 1.07 bits per heavy atom. The minimum Gasteiger partial charge on any atom is -0.497 e. The number of benzene rings is 2. The third-order valence-corrected chi connectivity index (χ3v) is 5.20. The van der Waals surface area contributed by atoms with Crippen molar-refractivity contribution in [3.63, 3.8) is 0 Å². The number of aliphatic imine (C=N–C) groups is 1. The van der Waals surface area contributed by atoms with Gasteiger partial charge in [-0.3, -0.25) is 4.99 Å². The minimum absolute atomic E-state index is 0.0103. The van der Waals surface area contributed by atoms with E-state index in [1.54, 1.807) is 7.11 Å². The van der Waals surface area contributed by atoms with E-state index in [0.29, 0.717) is 6.04 Å². The van der Waals surface area contributed by atoms with Crippen LogP contribution in [0.5, 0.6) is 5.75 Å². The molecule has 0 spiro atoms. The van der Waals surface area contributed by atoms with Crippen LogP contribution in [0.15, 0.2) is 47.5 Å². The molecule has 0 aliphatic carbocycles. The lowest BCUT2D eigenvalue weighted by Gasteiger charge is -2.46. The van der Waals surface area contributed by atoms with E-state index in [1.807, 2.05) is 30.5 Å². The first-order valence-electron chi connectivity index (χ1n) is 9.55. The molecule has 3 rings (SSSR count). The third kappa shape index (κ3) is 3.78. The highest BCUT2D eigenvalue weighted by atomic mass is 16.5. The summed E-state index contributed by atoms with van der Waals surface area (Å²) < 4.78 is 5.21. The van der Waals surface area contributed by atoms with Gasteiger partial charge in [-0.15, -0.1) is 0 Å². The van der Waals surface area contributed by atoms with Crippen LogP contribution in [0.2, 0.25) is 0 Å². The second-order valence-electron chi connectivity index (χ2n) is 8.13. The maximum atomic E-state index is 5.21. The summed E-state index contributed by atoms with van der Waals surface area (Å²) in [7, 11) is 1.67. The first-order chi connectivity index (χ1) is 12.7. The molecule has 0 N–H and O–H groups in total. The molecule has 0 aromatic heterocycles. The van der Waals surface area contributed by atoms with Crippen molar-refractivity contribution < 1.29 is 4.74 Å². The SMILES string of the molecule is COc1ccc(N=Cc2cc3c(cc2C)N(C(C)C)C(C)(C)C=C3C)cc1. The normalized spacial score (nSPS) is 15.9. The highest BCUT2D eigenvalue weighted by Crippen LogP contribution is 2.41. The zero-order chi connectivity index (χ0) is 19.8. The van der Waals surface area contributed by atoms with Crippen LogP contribution >= 0.6 is 0 Å². The zero-order valence-electron chi connectivity index (χ0n) is 17.5. The van der Waals surface area contributed by atoms with Crippen LogP contribution in [-0.2, 0) is 0 Å². The summed E-state index contributed by atoms with van der Waals surface area (Å²) in [6.45, 7) is 13.5. The Morgan fingerprint density at radius 3 is 2.33 bits per heavy atom. The Kier molecular flexibility index (Phi) is 5.14. The number of aryl methyl sites for hydroxylation is 1. The van der Waals surface area contributed by atoms with Crippen LogP contribution in [0.25, 0.3) is 5.57 Å². The molecular formula is C24H30N2O. The average Bonchev–Trinajstić information content (AvgIpc) is 2.59. The van der Waals surface area contributed by atoms with Crippen molar-refractivity contribution in [1.82, 2.24) is 0 Å². The number of fused-ring (bicyclic) bond motifs is 1. The van der Waals surface area contributed by atoms with Gasteiger partial charge in [0, 0.05) is 23.5 Å². The molecule has 0 saturated heterocycles. The number of anilines is 1. The second kappa shape index (κ2) is 7.22. The van der Waals surface area contributed by atoms with Gasteiger partial charge in [0.2, 0.25) is 0 Å².